The first kappa shape index (κ1) is 15.8. The first-order valence-corrected chi connectivity index (χ1v) is 8.02. The summed E-state index contributed by atoms with van der Waals surface area (Å²) in [5, 5.41) is 4.54. The van der Waals surface area contributed by atoms with Crippen molar-refractivity contribution in [2.75, 3.05) is 19.8 Å². The summed E-state index contributed by atoms with van der Waals surface area (Å²) in [6, 6.07) is 7.58. The molecule has 1 aliphatic heterocycles. The van der Waals surface area contributed by atoms with E-state index in [-0.39, 0.29) is 5.41 Å². The Morgan fingerprint density at radius 3 is 2.30 bits per heavy atom. The van der Waals surface area contributed by atoms with Crippen molar-refractivity contribution in [3.63, 3.8) is 0 Å². The number of hydrogen-bond donors (Lipinski definition) is 0. The summed E-state index contributed by atoms with van der Waals surface area (Å²) in [4.78, 5) is 4.66. The molecule has 6 nitrogen and oxygen atoms in total. The van der Waals surface area contributed by atoms with E-state index in [1.54, 1.807) is 0 Å². The molecule has 0 saturated carbocycles. The number of nitrogens with zero attached hydrogens (tertiary/aromatic N) is 3. The van der Waals surface area contributed by atoms with Gasteiger partial charge in [0.05, 0.1) is 25.2 Å². The Labute approximate surface area is 136 Å². The molecule has 0 atom stereocenters. The molecule has 0 bridgehead atoms. The second-order valence-electron chi connectivity index (χ2n) is 5.91. The minimum atomic E-state index is -0.0274. The van der Waals surface area contributed by atoms with Crippen LogP contribution in [-0.4, -0.2) is 34.6 Å². The standard InChI is InChI=1S/C17H23N3O3/c1-4-20-16(17(3)11-21-12-17)18-15(19-20)10-23-14-8-6-13(7-9-14)22-5-2/h6-9H,4-5,10-12H2,1-3H3. The fraction of sp³-hybridized carbons (Fsp3) is 0.529. The Hall–Kier alpha value is -2.08. The number of hydrogen-bond acceptors (Lipinski definition) is 5. The molecule has 0 spiro atoms. The molecule has 0 amide bonds. The number of aromatic nitrogens is 3. The van der Waals surface area contributed by atoms with Crippen molar-refractivity contribution >= 4 is 0 Å². The molecule has 124 valence electrons. The van der Waals surface area contributed by atoms with Crippen molar-refractivity contribution in [1.82, 2.24) is 14.8 Å². The van der Waals surface area contributed by atoms with Gasteiger partial charge in [-0.25, -0.2) is 9.67 Å². The molecule has 6 heteroatoms. The number of aryl methyl sites for hydroxylation is 1. The van der Waals surface area contributed by atoms with E-state index in [1.807, 2.05) is 35.9 Å². The smallest absolute Gasteiger partial charge is 0.188 e. The van der Waals surface area contributed by atoms with Crippen LogP contribution in [0.4, 0.5) is 0 Å². The summed E-state index contributed by atoms with van der Waals surface area (Å²) in [5.41, 5.74) is -0.0274. The van der Waals surface area contributed by atoms with Crippen LogP contribution in [0.1, 0.15) is 32.4 Å². The molecule has 0 unspecified atom stereocenters. The Morgan fingerprint density at radius 1 is 1.13 bits per heavy atom. The first-order valence-electron chi connectivity index (χ1n) is 8.02. The minimum Gasteiger partial charge on any atom is -0.494 e. The van der Waals surface area contributed by atoms with Crippen LogP contribution in [0.25, 0.3) is 0 Å². The highest BCUT2D eigenvalue weighted by Crippen LogP contribution is 2.30. The van der Waals surface area contributed by atoms with Gasteiger partial charge in [-0.1, -0.05) is 0 Å². The Kier molecular flexibility index (Phi) is 4.52. The maximum absolute atomic E-state index is 5.78. The summed E-state index contributed by atoms with van der Waals surface area (Å²) in [6.07, 6.45) is 0. The molecular formula is C17H23N3O3. The maximum atomic E-state index is 5.78. The van der Waals surface area contributed by atoms with Gasteiger partial charge < -0.3 is 14.2 Å². The van der Waals surface area contributed by atoms with Gasteiger partial charge in [0.15, 0.2) is 5.82 Å². The zero-order chi connectivity index (χ0) is 16.3. The molecule has 1 saturated heterocycles. The average molecular weight is 317 g/mol. The molecule has 1 aromatic heterocycles. The van der Waals surface area contributed by atoms with E-state index in [9.17, 15) is 0 Å². The third-order valence-corrected chi connectivity index (χ3v) is 3.90. The van der Waals surface area contributed by atoms with Crippen LogP contribution in [-0.2, 0) is 23.3 Å². The largest absolute Gasteiger partial charge is 0.494 e. The van der Waals surface area contributed by atoms with Gasteiger partial charge in [0, 0.05) is 6.54 Å². The van der Waals surface area contributed by atoms with Crippen molar-refractivity contribution in [3.05, 3.63) is 35.9 Å². The number of ether oxygens (including phenoxy) is 3. The van der Waals surface area contributed by atoms with Gasteiger partial charge >= 0.3 is 0 Å². The second kappa shape index (κ2) is 6.58. The molecule has 1 aromatic carbocycles. The van der Waals surface area contributed by atoms with Gasteiger partial charge in [0.2, 0.25) is 0 Å². The molecule has 0 aliphatic carbocycles. The molecule has 0 radical (unpaired) electrons. The molecule has 0 N–H and O–H groups in total. The van der Waals surface area contributed by atoms with Crippen molar-refractivity contribution in [2.24, 2.45) is 0 Å². The molecule has 2 aromatic rings. The predicted octanol–water partition coefficient (Wildman–Crippen LogP) is 2.56. The average Bonchev–Trinajstić information content (AvgIpc) is 2.96. The quantitative estimate of drug-likeness (QED) is 0.785. The van der Waals surface area contributed by atoms with E-state index >= 15 is 0 Å². The minimum absolute atomic E-state index is 0.0274. The van der Waals surface area contributed by atoms with E-state index in [0.29, 0.717) is 32.3 Å². The van der Waals surface area contributed by atoms with Crippen molar-refractivity contribution in [2.45, 2.75) is 39.3 Å². The number of rotatable bonds is 7. The molecule has 2 heterocycles. The summed E-state index contributed by atoms with van der Waals surface area (Å²) in [6.45, 7) is 9.39. The Bertz CT molecular complexity index is 648. The van der Waals surface area contributed by atoms with Gasteiger partial charge in [-0.15, -0.1) is 0 Å². The van der Waals surface area contributed by atoms with Crippen molar-refractivity contribution < 1.29 is 14.2 Å². The monoisotopic (exact) mass is 317 g/mol. The van der Waals surface area contributed by atoms with E-state index in [0.717, 1.165) is 23.9 Å². The molecule has 3 rings (SSSR count). The highest BCUT2D eigenvalue weighted by atomic mass is 16.5. The molecule has 1 aliphatic rings. The highest BCUT2D eigenvalue weighted by Gasteiger charge is 2.40. The predicted molar refractivity (Wildman–Crippen MR) is 85.8 cm³/mol. The molecular weight excluding hydrogens is 294 g/mol. The van der Waals surface area contributed by atoms with E-state index < -0.39 is 0 Å². The zero-order valence-electron chi connectivity index (χ0n) is 13.9. The third kappa shape index (κ3) is 3.32. The van der Waals surface area contributed by atoms with Gasteiger partial charge in [-0.05, 0) is 45.0 Å². The summed E-state index contributed by atoms with van der Waals surface area (Å²) in [7, 11) is 0. The van der Waals surface area contributed by atoms with Crippen LogP contribution in [0, 0.1) is 0 Å². The number of benzene rings is 1. The Morgan fingerprint density at radius 2 is 1.78 bits per heavy atom. The summed E-state index contributed by atoms with van der Waals surface area (Å²) >= 11 is 0. The lowest BCUT2D eigenvalue weighted by Crippen LogP contribution is -2.46. The van der Waals surface area contributed by atoms with Crippen LogP contribution in [0.15, 0.2) is 24.3 Å². The second-order valence-corrected chi connectivity index (χ2v) is 5.91. The van der Waals surface area contributed by atoms with Gasteiger partial charge in [0.1, 0.15) is 23.9 Å². The highest BCUT2D eigenvalue weighted by molar-refractivity contribution is 5.31. The van der Waals surface area contributed by atoms with Crippen molar-refractivity contribution in [1.29, 1.82) is 0 Å². The topological polar surface area (TPSA) is 58.4 Å². The summed E-state index contributed by atoms with van der Waals surface area (Å²) < 4.78 is 18.5. The van der Waals surface area contributed by atoms with Crippen LogP contribution >= 0.6 is 0 Å². The van der Waals surface area contributed by atoms with Crippen molar-refractivity contribution in [3.8, 4) is 11.5 Å². The molecule has 23 heavy (non-hydrogen) atoms. The fourth-order valence-electron chi connectivity index (χ4n) is 2.60. The normalized spacial score (nSPS) is 16.0. The maximum Gasteiger partial charge on any atom is 0.188 e. The zero-order valence-corrected chi connectivity index (χ0v) is 13.9. The van der Waals surface area contributed by atoms with Crippen LogP contribution in [0.3, 0.4) is 0 Å². The summed E-state index contributed by atoms with van der Waals surface area (Å²) in [5.74, 6) is 3.30. The van der Waals surface area contributed by atoms with Crippen LogP contribution < -0.4 is 9.47 Å². The Balaban J connectivity index is 1.66. The van der Waals surface area contributed by atoms with E-state index in [4.69, 9.17) is 14.2 Å². The first-order chi connectivity index (χ1) is 11.1. The lowest BCUT2D eigenvalue weighted by atomic mass is 9.87. The lowest BCUT2D eigenvalue weighted by Gasteiger charge is -2.36. The fourth-order valence-corrected chi connectivity index (χ4v) is 2.60. The van der Waals surface area contributed by atoms with Gasteiger partial charge in [-0.2, -0.15) is 5.10 Å². The van der Waals surface area contributed by atoms with Crippen LogP contribution in [0.2, 0.25) is 0 Å². The van der Waals surface area contributed by atoms with Crippen LogP contribution in [0.5, 0.6) is 11.5 Å². The van der Waals surface area contributed by atoms with E-state index in [2.05, 4.69) is 23.9 Å². The van der Waals surface area contributed by atoms with E-state index in [1.165, 1.54) is 0 Å². The SMILES string of the molecule is CCOc1ccc(OCc2nc(C3(C)COC3)n(CC)n2)cc1. The molecule has 1 fully saturated rings. The third-order valence-electron chi connectivity index (χ3n) is 3.90. The van der Waals surface area contributed by atoms with Gasteiger partial charge in [-0.3, -0.25) is 0 Å². The van der Waals surface area contributed by atoms with Gasteiger partial charge in [0.25, 0.3) is 0 Å². The lowest BCUT2D eigenvalue weighted by molar-refractivity contribution is -0.0562.